The van der Waals surface area contributed by atoms with Crippen molar-refractivity contribution in [3.8, 4) is 0 Å². The minimum Gasteiger partial charge on any atom is -0.376 e. The van der Waals surface area contributed by atoms with Crippen molar-refractivity contribution in [3.05, 3.63) is 35.9 Å². The van der Waals surface area contributed by atoms with Crippen LogP contribution >= 0.6 is 24.0 Å². The summed E-state index contributed by atoms with van der Waals surface area (Å²) >= 11 is 0. The lowest BCUT2D eigenvalue weighted by atomic mass is 10.2. The van der Waals surface area contributed by atoms with Gasteiger partial charge in [-0.05, 0) is 31.9 Å². The molecular weight excluding hydrogens is 419 g/mol. The second-order valence-corrected chi connectivity index (χ2v) is 5.40. The fourth-order valence-corrected chi connectivity index (χ4v) is 2.37. The largest absolute Gasteiger partial charge is 0.376 e. The van der Waals surface area contributed by atoms with Crippen LogP contribution < -0.4 is 16.0 Å². The molecular formula is C17H27IN4O2. The van der Waals surface area contributed by atoms with E-state index in [-0.39, 0.29) is 36.0 Å². The van der Waals surface area contributed by atoms with Crippen LogP contribution in [0, 0.1) is 0 Å². The predicted molar refractivity (Wildman–Crippen MR) is 107 cm³/mol. The smallest absolute Gasteiger partial charge is 0.251 e. The number of aliphatic imine (C=N–C) groups is 1. The molecule has 0 spiro atoms. The number of ether oxygens (including phenoxy) is 1. The molecule has 1 aliphatic heterocycles. The Balaban J connectivity index is 0.00000288. The number of benzene rings is 1. The fraction of sp³-hybridized carbons (Fsp3) is 0.529. The van der Waals surface area contributed by atoms with Crippen molar-refractivity contribution < 1.29 is 9.53 Å². The molecule has 3 N–H and O–H groups in total. The minimum absolute atomic E-state index is 0. The Morgan fingerprint density at radius 2 is 1.96 bits per heavy atom. The van der Waals surface area contributed by atoms with Crippen molar-refractivity contribution in [1.29, 1.82) is 0 Å². The quantitative estimate of drug-likeness (QED) is 0.258. The molecule has 1 aliphatic rings. The first kappa shape index (κ1) is 20.7. The summed E-state index contributed by atoms with van der Waals surface area (Å²) in [6.07, 6.45) is 2.44. The third-order valence-corrected chi connectivity index (χ3v) is 3.56. The van der Waals surface area contributed by atoms with E-state index in [2.05, 4.69) is 20.9 Å². The SMILES string of the molecule is CCNC(=NCC1CCCO1)NCCNC(=O)c1ccccc1.I. The van der Waals surface area contributed by atoms with Crippen LogP contribution in [0.3, 0.4) is 0 Å². The van der Waals surface area contributed by atoms with Crippen LogP contribution in [-0.2, 0) is 4.74 Å². The summed E-state index contributed by atoms with van der Waals surface area (Å²) in [5, 5.41) is 9.30. The lowest BCUT2D eigenvalue weighted by Crippen LogP contribution is -2.42. The Bertz CT molecular complexity index is 505. The van der Waals surface area contributed by atoms with E-state index >= 15 is 0 Å². The first-order valence-electron chi connectivity index (χ1n) is 8.26. The Labute approximate surface area is 160 Å². The van der Waals surface area contributed by atoms with Crippen LogP contribution in [0.25, 0.3) is 0 Å². The van der Waals surface area contributed by atoms with Gasteiger partial charge in [0, 0.05) is 31.8 Å². The second-order valence-electron chi connectivity index (χ2n) is 5.40. The van der Waals surface area contributed by atoms with Gasteiger partial charge in [0.05, 0.1) is 12.6 Å². The van der Waals surface area contributed by atoms with Gasteiger partial charge in [0.1, 0.15) is 0 Å². The van der Waals surface area contributed by atoms with Gasteiger partial charge in [0.2, 0.25) is 0 Å². The molecule has 0 bridgehead atoms. The lowest BCUT2D eigenvalue weighted by molar-refractivity contribution is 0.0954. The number of rotatable bonds is 7. The van der Waals surface area contributed by atoms with E-state index in [0.29, 0.717) is 25.2 Å². The summed E-state index contributed by atoms with van der Waals surface area (Å²) < 4.78 is 5.57. The van der Waals surface area contributed by atoms with E-state index in [1.165, 1.54) is 0 Å². The average Bonchev–Trinajstić information content (AvgIpc) is 3.10. The number of carbonyl (C=O) groups is 1. The summed E-state index contributed by atoms with van der Waals surface area (Å²) in [5.74, 6) is 0.700. The van der Waals surface area contributed by atoms with Crippen molar-refractivity contribution in [2.45, 2.75) is 25.9 Å². The molecule has 1 fully saturated rings. The fourth-order valence-electron chi connectivity index (χ4n) is 2.37. The van der Waals surface area contributed by atoms with E-state index in [1.807, 2.05) is 25.1 Å². The highest BCUT2D eigenvalue weighted by molar-refractivity contribution is 14.0. The van der Waals surface area contributed by atoms with Gasteiger partial charge in [-0.2, -0.15) is 0 Å². The monoisotopic (exact) mass is 446 g/mol. The van der Waals surface area contributed by atoms with Crippen LogP contribution in [0.1, 0.15) is 30.1 Å². The number of hydrogen-bond acceptors (Lipinski definition) is 3. The first-order valence-corrected chi connectivity index (χ1v) is 8.26. The predicted octanol–water partition coefficient (Wildman–Crippen LogP) is 1.77. The van der Waals surface area contributed by atoms with Gasteiger partial charge < -0.3 is 20.7 Å². The molecule has 1 aromatic carbocycles. The van der Waals surface area contributed by atoms with E-state index in [4.69, 9.17) is 4.74 Å². The van der Waals surface area contributed by atoms with E-state index in [1.54, 1.807) is 12.1 Å². The molecule has 1 aromatic rings. The highest BCUT2D eigenvalue weighted by Crippen LogP contribution is 2.11. The topological polar surface area (TPSA) is 74.8 Å². The Morgan fingerprint density at radius 1 is 1.21 bits per heavy atom. The van der Waals surface area contributed by atoms with Gasteiger partial charge in [-0.15, -0.1) is 24.0 Å². The molecule has 1 heterocycles. The highest BCUT2D eigenvalue weighted by atomic mass is 127. The van der Waals surface area contributed by atoms with Gasteiger partial charge in [-0.25, -0.2) is 0 Å². The summed E-state index contributed by atoms with van der Waals surface area (Å²) in [6, 6.07) is 9.21. The van der Waals surface area contributed by atoms with Crippen molar-refractivity contribution in [2.24, 2.45) is 4.99 Å². The zero-order valence-corrected chi connectivity index (χ0v) is 16.4. The normalized spacial score (nSPS) is 17.0. The van der Waals surface area contributed by atoms with Crippen molar-refractivity contribution in [1.82, 2.24) is 16.0 Å². The number of nitrogens with zero attached hydrogens (tertiary/aromatic N) is 1. The maximum absolute atomic E-state index is 11.9. The van der Waals surface area contributed by atoms with Crippen LogP contribution in [0.4, 0.5) is 0 Å². The molecule has 1 saturated heterocycles. The van der Waals surface area contributed by atoms with Gasteiger partial charge in [-0.3, -0.25) is 9.79 Å². The second kappa shape index (κ2) is 12.1. The van der Waals surface area contributed by atoms with Crippen LogP contribution in [-0.4, -0.2) is 50.8 Å². The Morgan fingerprint density at radius 3 is 2.62 bits per heavy atom. The molecule has 7 heteroatoms. The first-order chi connectivity index (χ1) is 11.3. The van der Waals surface area contributed by atoms with Crippen molar-refractivity contribution >= 4 is 35.8 Å². The summed E-state index contributed by atoms with van der Waals surface area (Å²) in [6.45, 7) is 5.50. The maximum Gasteiger partial charge on any atom is 0.251 e. The number of nitrogens with one attached hydrogen (secondary N) is 3. The summed E-state index contributed by atoms with van der Waals surface area (Å²) in [5.41, 5.74) is 0.673. The molecule has 1 atom stereocenters. The lowest BCUT2D eigenvalue weighted by Gasteiger charge is -2.13. The molecule has 2 rings (SSSR count). The number of amides is 1. The van der Waals surface area contributed by atoms with Gasteiger partial charge in [0.15, 0.2) is 5.96 Å². The van der Waals surface area contributed by atoms with Crippen LogP contribution in [0.2, 0.25) is 0 Å². The third kappa shape index (κ3) is 7.48. The molecule has 0 aliphatic carbocycles. The zero-order valence-electron chi connectivity index (χ0n) is 14.1. The van der Waals surface area contributed by atoms with E-state index in [0.717, 1.165) is 32.0 Å². The summed E-state index contributed by atoms with van der Waals surface area (Å²) in [7, 11) is 0. The molecule has 1 amide bonds. The Hall–Kier alpha value is -1.35. The van der Waals surface area contributed by atoms with Crippen molar-refractivity contribution in [2.75, 3.05) is 32.8 Å². The average molecular weight is 446 g/mol. The van der Waals surface area contributed by atoms with Crippen LogP contribution in [0.15, 0.2) is 35.3 Å². The Kier molecular flexibility index (Phi) is 10.4. The number of carbonyl (C=O) groups excluding carboxylic acids is 1. The third-order valence-electron chi connectivity index (χ3n) is 3.56. The molecule has 6 nitrogen and oxygen atoms in total. The molecule has 0 aromatic heterocycles. The van der Waals surface area contributed by atoms with Gasteiger partial charge in [0.25, 0.3) is 5.91 Å². The molecule has 0 radical (unpaired) electrons. The summed E-state index contributed by atoms with van der Waals surface area (Å²) in [4.78, 5) is 16.4. The molecule has 0 saturated carbocycles. The van der Waals surface area contributed by atoms with Gasteiger partial charge in [-0.1, -0.05) is 18.2 Å². The van der Waals surface area contributed by atoms with E-state index in [9.17, 15) is 4.79 Å². The zero-order chi connectivity index (χ0) is 16.3. The van der Waals surface area contributed by atoms with E-state index < -0.39 is 0 Å². The van der Waals surface area contributed by atoms with Gasteiger partial charge >= 0.3 is 0 Å². The molecule has 1 unspecified atom stereocenters. The number of halogens is 1. The standard InChI is InChI=1S/C17H26N4O2.HI/c1-2-18-17(21-13-15-9-6-12-23-15)20-11-10-19-16(22)14-7-4-3-5-8-14;/h3-5,7-8,15H,2,6,9-13H2,1H3,(H,19,22)(H2,18,20,21);1H. The van der Waals surface area contributed by atoms with Crippen molar-refractivity contribution in [3.63, 3.8) is 0 Å². The number of hydrogen-bond donors (Lipinski definition) is 3. The minimum atomic E-state index is -0.0614. The van der Waals surface area contributed by atoms with Crippen LogP contribution in [0.5, 0.6) is 0 Å². The molecule has 24 heavy (non-hydrogen) atoms. The highest BCUT2D eigenvalue weighted by Gasteiger charge is 2.14. The maximum atomic E-state index is 11.9. The molecule has 134 valence electrons. The number of guanidine groups is 1.